The van der Waals surface area contributed by atoms with Gasteiger partial charge in [0.2, 0.25) is 0 Å². The van der Waals surface area contributed by atoms with Gasteiger partial charge in [0.05, 0.1) is 17.3 Å². The number of pyridine rings is 1. The molecule has 0 aliphatic carbocycles. The zero-order chi connectivity index (χ0) is 13.2. The Bertz CT molecular complexity index is 592. The minimum Gasteiger partial charge on any atom is -0.338 e. The average molecular weight is 258 g/mol. The van der Waals surface area contributed by atoms with Gasteiger partial charge >= 0.3 is 0 Å². The summed E-state index contributed by atoms with van der Waals surface area (Å²) in [6, 6.07) is 5.75. The minimum absolute atomic E-state index is 0.0840. The monoisotopic (exact) mass is 258 g/mol. The van der Waals surface area contributed by atoms with Gasteiger partial charge in [-0.3, -0.25) is 4.79 Å². The molecule has 19 heavy (non-hydrogen) atoms. The van der Waals surface area contributed by atoms with Gasteiger partial charge < -0.3 is 10.6 Å². The van der Waals surface area contributed by atoms with E-state index in [1.54, 1.807) is 10.7 Å². The first-order valence-corrected chi connectivity index (χ1v) is 6.71. The molecule has 0 spiro atoms. The van der Waals surface area contributed by atoms with Crippen LogP contribution < -0.4 is 5.73 Å². The summed E-state index contributed by atoms with van der Waals surface area (Å²) < 4.78 is 1.74. The third-order valence-corrected chi connectivity index (χ3v) is 3.80. The second-order valence-corrected chi connectivity index (χ2v) is 5.07. The van der Waals surface area contributed by atoms with E-state index >= 15 is 0 Å². The molecule has 2 aromatic heterocycles. The number of amides is 1. The number of likely N-dealkylation sites (tertiary alicyclic amines) is 1. The highest BCUT2D eigenvalue weighted by atomic mass is 16.2. The highest BCUT2D eigenvalue weighted by Gasteiger charge is 2.27. The summed E-state index contributed by atoms with van der Waals surface area (Å²) >= 11 is 0. The molecular formula is C14H18N4O. The van der Waals surface area contributed by atoms with Gasteiger partial charge in [-0.15, -0.1) is 0 Å². The van der Waals surface area contributed by atoms with Gasteiger partial charge in [0.15, 0.2) is 0 Å². The van der Waals surface area contributed by atoms with Crippen LogP contribution in [0, 0.1) is 5.92 Å². The maximum absolute atomic E-state index is 12.5. The molecule has 1 saturated heterocycles. The Kier molecular flexibility index (Phi) is 3.21. The van der Waals surface area contributed by atoms with E-state index in [1.165, 1.54) is 0 Å². The first-order valence-electron chi connectivity index (χ1n) is 6.71. The summed E-state index contributed by atoms with van der Waals surface area (Å²) in [6.45, 7) is 2.34. The van der Waals surface area contributed by atoms with Crippen molar-refractivity contribution in [3.63, 3.8) is 0 Å². The second-order valence-electron chi connectivity index (χ2n) is 5.07. The van der Waals surface area contributed by atoms with E-state index in [9.17, 15) is 4.79 Å². The number of nitrogens with two attached hydrogens (primary N) is 1. The van der Waals surface area contributed by atoms with Crippen molar-refractivity contribution in [3.8, 4) is 0 Å². The third-order valence-electron chi connectivity index (χ3n) is 3.80. The molecule has 1 fully saturated rings. The summed E-state index contributed by atoms with van der Waals surface area (Å²) in [5.74, 6) is 0.636. The number of rotatable bonds is 3. The minimum atomic E-state index is 0.0840. The van der Waals surface area contributed by atoms with E-state index in [1.807, 2.05) is 29.3 Å². The highest BCUT2D eigenvalue weighted by Crippen LogP contribution is 2.22. The first-order chi connectivity index (χ1) is 9.29. The number of hydrogen-bond donors (Lipinski definition) is 1. The summed E-state index contributed by atoms with van der Waals surface area (Å²) in [5, 5.41) is 4.22. The van der Waals surface area contributed by atoms with Crippen LogP contribution in [-0.2, 0) is 0 Å². The number of aromatic nitrogens is 2. The van der Waals surface area contributed by atoms with Crippen molar-refractivity contribution in [1.82, 2.24) is 14.5 Å². The van der Waals surface area contributed by atoms with E-state index in [2.05, 4.69) is 5.10 Å². The Morgan fingerprint density at radius 2 is 2.37 bits per heavy atom. The van der Waals surface area contributed by atoms with Gasteiger partial charge in [-0.1, -0.05) is 6.07 Å². The lowest BCUT2D eigenvalue weighted by Crippen LogP contribution is -2.28. The molecule has 5 heteroatoms. The fourth-order valence-corrected chi connectivity index (χ4v) is 2.76. The molecule has 0 aromatic carbocycles. The number of carbonyl (C=O) groups is 1. The molecule has 0 saturated carbocycles. The molecular weight excluding hydrogens is 240 g/mol. The lowest BCUT2D eigenvalue weighted by Gasteiger charge is -2.15. The van der Waals surface area contributed by atoms with Gasteiger partial charge in [0, 0.05) is 19.3 Å². The number of nitrogens with zero attached hydrogens (tertiary/aromatic N) is 3. The summed E-state index contributed by atoms with van der Waals surface area (Å²) in [4.78, 5) is 14.4. The predicted octanol–water partition coefficient (Wildman–Crippen LogP) is 1.15. The van der Waals surface area contributed by atoms with Crippen molar-refractivity contribution in [1.29, 1.82) is 0 Å². The van der Waals surface area contributed by atoms with E-state index in [0.29, 0.717) is 18.0 Å². The second kappa shape index (κ2) is 5.01. The van der Waals surface area contributed by atoms with Crippen molar-refractivity contribution in [3.05, 3.63) is 36.2 Å². The summed E-state index contributed by atoms with van der Waals surface area (Å²) in [6.07, 6.45) is 5.57. The summed E-state index contributed by atoms with van der Waals surface area (Å²) in [7, 11) is 0. The molecule has 1 amide bonds. The Hall–Kier alpha value is -1.88. The molecule has 100 valence electrons. The van der Waals surface area contributed by atoms with Crippen molar-refractivity contribution < 1.29 is 4.79 Å². The highest BCUT2D eigenvalue weighted by molar-refractivity contribution is 6.00. The molecule has 3 heterocycles. The summed E-state index contributed by atoms with van der Waals surface area (Å²) in [5.41, 5.74) is 7.14. The number of carbonyl (C=O) groups excluding carboxylic acids is 1. The van der Waals surface area contributed by atoms with E-state index < -0.39 is 0 Å². The van der Waals surface area contributed by atoms with Gasteiger partial charge in [-0.05, 0) is 37.4 Å². The first kappa shape index (κ1) is 12.2. The topological polar surface area (TPSA) is 63.6 Å². The van der Waals surface area contributed by atoms with Crippen LogP contribution in [0.3, 0.4) is 0 Å². The molecule has 1 unspecified atom stereocenters. The predicted molar refractivity (Wildman–Crippen MR) is 72.9 cm³/mol. The molecule has 0 bridgehead atoms. The number of hydrogen-bond acceptors (Lipinski definition) is 3. The third kappa shape index (κ3) is 2.21. The van der Waals surface area contributed by atoms with Crippen molar-refractivity contribution in [2.75, 3.05) is 19.6 Å². The molecule has 5 nitrogen and oxygen atoms in total. The van der Waals surface area contributed by atoms with Crippen LogP contribution in [0.5, 0.6) is 0 Å². The van der Waals surface area contributed by atoms with E-state index in [4.69, 9.17) is 5.73 Å². The van der Waals surface area contributed by atoms with Gasteiger partial charge in [0.1, 0.15) is 0 Å². The van der Waals surface area contributed by atoms with Crippen LogP contribution in [0.15, 0.2) is 30.6 Å². The Labute approximate surface area is 112 Å². The van der Waals surface area contributed by atoms with Gasteiger partial charge in [0.25, 0.3) is 5.91 Å². The molecule has 1 aliphatic heterocycles. The number of fused-ring (bicyclic) bond motifs is 1. The van der Waals surface area contributed by atoms with Crippen LogP contribution in [0.2, 0.25) is 0 Å². The quantitative estimate of drug-likeness (QED) is 0.898. The zero-order valence-corrected chi connectivity index (χ0v) is 10.8. The largest absolute Gasteiger partial charge is 0.338 e. The standard InChI is InChI=1S/C14H18N4O/c15-6-4-11-5-8-17(10-11)14(19)12-9-16-18-7-2-1-3-13(12)18/h1-3,7,9,11H,4-6,8,10,15H2. The fraction of sp³-hybridized carbons (Fsp3) is 0.429. The van der Waals surface area contributed by atoms with Gasteiger partial charge in [-0.2, -0.15) is 5.10 Å². The lowest BCUT2D eigenvalue weighted by atomic mass is 10.1. The van der Waals surface area contributed by atoms with Crippen LogP contribution in [0.25, 0.3) is 5.52 Å². The van der Waals surface area contributed by atoms with E-state index in [0.717, 1.165) is 31.4 Å². The zero-order valence-electron chi connectivity index (χ0n) is 10.8. The van der Waals surface area contributed by atoms with Crippen LogP contribution in [-0.4, -0.2) is 40.1 Å². The Balaban J connectivity index is 1.81. The smallest absolute Gasteiger partial charge is 0.257 e. The van der Waals surface area contributed by atoms with Crippen LogP contribution >= 0.6 is 0 Å². The molecule has 2 aromatic rings. The molecule has 1 aliphatic rings. The van der Waals surface area contributed by atoms with Crippen molar-refractivity contribution >= 4 is 11.4 Å². The molecule has 3 rings (SSSR count). The lowest BCUT2D eigenvalue weighted by molar-refractivity contribution is 0.0788. The molecule has 2 N–H and O–H groups in total. The van der Waals surface area contributed by atoms with Crippen molar-refractivity contribution in [2.24, 2.45) is 11.7 Å². The Morgan fingerprint density at radius 1 is 1.47 bits per heavy atom. The van der Waals surface area contributed by atoms with Crippen LogP contribution in [0.4, 0.5) is 0 Å². The van der Waals surface area contributed by atoms with Gasteiger partial charge in [-0.25, -0.2) is 4.52 Å². The average Bonchev–Trinajstić information content (AvgIpc) is 3.05. The maximum Gasteiger partial charge on any atom is 0.257 e. The Morgan fingerprint density at radius 3 is 3.21 bits per heavy atom. The molecule has 1 atom stereocenters. The SMILES string of the molecule is NCCC1CCN(C(=O)c2cnn3ccccc23)C1. The fourth-order valence-electron chi connectivity index (χ4n) is 2.76. The van der Waals surface area contributed by atoms with Crippen molar-refractivity contribution in [2.45, 2.75) is 12.8 Å². The normalized spacial score (nSPS) is 19.2. The van der Waals surface area contributed by atoms with E-state index in [-0.39, 0.29) is 5.91 Å². The van der Waals surface area contributed by atoms with Crippen LogP contribution in [0.1, 0.15) is 23.2 Å². The molecule has 0 radical (unpaired) electrons. The maximum atomic E-state index is 12.5.